The Kier molecular flexibility index (Phi) is 5.27. The van der Waals surface area contributed by atoms with Crippen molar-refractivity contribution in [3.8, 4) is 0 Å². The molecule has 0 saturated heterocycles. The standard InChI is InChI=1S/C15H23N3O2/c1-15(2,3)13(16)14(20)18-11-7-5-10(6-8-11)9-12(19)17-4/h5-8,13H,9,16H2,1-4H3,(H,17,19)(H,18,20)/t13-/m1/s1. The third-order valence-electron chi connectivity index (χ3n) is 3.08. The van der Waals surface area contributed by atoms with Gasteiger partial charge in [-0.3, -0.25) is 9.59 Å². The minimum Gasteiger partial charge on any atom is -0.359 e. The zero-order chi connectivity index (χ0) is 15.3. The van der Waals surface area contributed by atoms with Crippen LogP contribution in [0, 0.1) is 5.41 Å². The maximum absolute atomic E-state index is 12.0. The number of nitrogens with one attached hydrogen (secondary N) is 2. The zero-order valence-corrected chi connectivity index (χ0v) is 12.5. The topological polar surface area (TPSA) is 84.2 Å². The van der Waals surface area contributed by atoms with E-state index < -0.39 is 6.04 Å². The van der Waals surface area contributed by atoms with Crippen LogP contribution in [0.25, 0.3) is 0 Å². The normalized spacial score (nSPS) is 12.7. The summed E-state index contributed by atoms with van der Waals surface area (Å²) < 4.78 is 0. The largest absolute Gasteiger partial charge is 0.359 e. The van der Waals surface area contributed by atoms with E-state index in [1.165, 1.54) is 0 Å². The van der Waals surface area contributed by atoms with Crippen LogP contribution in [0.3, 0.4) is 0 Å². The van der Waals surface area contributed by atoms with E-state index in [2.05, 4.69) is 10.6 Å². The van der Waals surface area contributed by atoms with Crippen LogP contribution in [0.5, 0.6) is 0 Å². The molecular formula is C15H23N3O2. The van der Waals surface area contributed by atoms with E-state index in [0.29, 0.717) is 12.1 Å². The quantitative estimate of drug-likeness (QED) is 0.775. The van der Waals surface area contributed by atoms with Crippen LogP contribution >= 0.6 is 0 Å². The average molecular weight is 277 g/mol. The van der Waals surface area contributed by atoms with Crippen LogP contribution in [-0.2, 0) is 16.0 Å². The first-order chi connectivity index (χ1) is 9.24. The van der Waals surface area contributed by atoms with Crippen molar-refractivity contribution in [2.75, 3.05) is 12.4 Å². The fraction of sp³-hybridized carbons (Fsp3) is 0.467. The molecule has 0 spiro atoms. The summed E-state index contributed by atoms with van der Waals surface area (Å²) in [6.07, 6.45) is 0.326. The summed E-state index contributed by atoms with van der Waals surface area (Å²) in [5.74, 6) is -0.256. The van der Waals surface area contributed by atoms with Crippen LogP contribution in [0.2, 0.25) is 0 Å². The zero-order valence-electron chi connectivity index (χ0n) is 12.5. The minimum atomic E-state index is -0.576. The van der Waals surface area contributed by atoms with Gasteiger partial charge in [0.2, 0.25) is 11.8 Å². The molecule has 1 rings (SSSR count). The van der Waals surface area contributed by atoms with Crippen molar-refractivity contribution in [1.29, 1.82) is 0 Å². The van der Waals surface area contributed by atoms with Gasteiger partial charge in [-0.05, 0) is 23.1 Å². The Hall–Kier alpha value is -1.88. The molecule has 0 bridgehead atoms. The fourth-order valence-corrected chi connectivity index (χ4v) is 1.59. The number of carbonyl (C=O) groups excluding carboxylic acids is 2. The van der Waals surface area contributed by atoms with E-state index in [-0.39, 0.29) is 17.2 Å². The number of hydrogen-bond acceptors (Lipinski definition) is 3. The van der Waals surface area contributed by atoms with Gasteiger partial charge in [0.05, 0.1) is 12.5 Å². The Bertz CT molecular complexity index is 475. The second-order valence-corrected chi connectivity index (χ2v) is 5.88. The van der Waals surface area contributed by atoms with Crippen LogP contribution in [0.4, 0.5) is 5.69 Å². The highest BCUT2D eigenvalue weighted by atomic mass is 16.2. The van der Waals surface area contributed by atoms with Gasteiger partial charge in [0.1, 0.15) is 0 Å². The molecule has 0 aliphatic rings. The minimum absolute atomic E-state index is 0.0449. The van der Waals surface area contributed by atoms with E-state index in [1.807, 2.05) is 32.9 Å². The Morgan fingerprint density at radius 1 is 1.20 bits per heavy atom. The lowest BCUT2D eigenvalue weighted by molar-refractivity contribution is -0.120. The van der Waals surface area contributed by atoms with Gasteiger partial charge < -0.3 is 16.4 Å². The molecule has 110 valence electrons. The first-order valence-electron chi connectivity index (χ1n) is 6.60. The molecule has 20 heavy (non-hydrogen) atoms. The highest BCUT2D eigenvalue weighted by Gasteiger charge is 2.27. The monoisotopic (exact) mass is 277 g/mol. The van der Waals surface area contributed by atoms with Crippen LogP contribution in [0.15, 0.2) is 24.3 Å². The summed E-state index contributed by atoms with van der Waals surface area (Å²) in [7, 11) is 1.60. The SMILES string of the molecule is CNC(=O)Cc1ccc(NC(=O)[C@@H](N)C(C)(C)C)cc1. The molecule has 0 aromatic heterocycles. The van der Waals surface area contributed by atoms with Crippen LogP contribution < -0.4 is 16.4 Å². The third kappa shape index (κ3) is 4.66. The van der Waals surface area contributed by atoms with Gasteiger partial charge in [-0.2, -0.15) is 0 Å². The van der Waals surface area contributed by atoms with Gasteiger partial charge in [0.15, 0.2) is 0 Å². The Labute approximate surface area is 119 Å². The summed E-state index contributed by atoms with van der Waals surface area (Å²) in [6.45, 7) is 5.76. The molecule has 0 radical (unpaired) electrons. The van der Waals surface area contributed by atoms with Gasteiger partial charge in [0.25, 0.3) is 0 Å². The van der Waals surface area contributed by atoms with Gasteiger partial charge in [-0.15, -0.1) is 0 Å². The summed E-state index contributed by atoms with van der Waals surface area (Å²) >= 11 is 0. The molecule has 0 unspecified atom stereocenters. The van der Waals surface area contributed by atoms with E-state index >= 15 is 0 Å². The second kappa shape index (κ2) is 6.52. The van der Waals surface area contributed by atoms with Crippen LogP contribution in [-0.4, -0.2) is 24.9 Å². The summed E-state index contributed by atoms with van der Waals surface area (Å²) in [4.78, 5) is 23.2. The van der Waals surface area contributed by atoms with Crippen molar-refractivity contribution in [3.05, 3.63) is 29.8 Å². The van der Waals surface area contributed by atoms with E-state index in [0.717, 1.165) is 5.56 Å². The molecule has 0 fully saturated rings. The third-order valence-corrected chi connectivity index (χ3v) is 3.08. The highest BCUT2D eigenvalue weighted by molar-refractivity contribution is 5.95. The number of amides is 2. The van der Waals surface area contributed by atoms with E-state index in [1.54, 1.807) is 19.2 Å². The first-order valence-corrected chi connectivity index (χ1v) is 6.60. The van der Waals surface area contributed by atoms with E-state index in [4.69, 9.17) is 5.73 Å². The molecular weight excluding hydrogens is 254 g/mol. The number of benzene rings is 1. The summed E-state index contributed by atoms with van der Waals surface area (Å²) in [6, 6.07) is 6.59. The lowest BCUT2D eigenvalue weighted by Crippen LogP contribution is -2.45. The van der Waals surface area contributed by atoms with Crippen molar-refractivity contribution in [1.82, 2.24) is 5.32 Å². The Morgan fingerprint density at radius 3 is 2.20 bits per heavy atom. The molecule has 0 aliphatic heterocycles. The first kappa shape index (κ1) is 16.2. The molecule has 2 amide bonds. The molecule has 4 N–H and O–H groups in total. The molecule has 1 atom stereocenters. The number of anilines is 1. The molecule has 0 heterocycles. The van der Waals surface area contributed by atoms with Crippen molar-refractivity contribution in [2.24, 2.45) is 11.1 Å². The fourth-order valence-electron chi connectivity index (χ4n) is 1.59. The molecule has 0 saturated carbocycles. The highest BCUT2D eigenvalue weighted by Crippen LogP contribution is 2.19. The number of nitrogens with two attached hydrogens (primary N) is 1. The Morgan fingerprint density at radius 2 is 1.75 bits per heavy atom. The molecule has 1 aromatic rings. The van der Waals surface area contributed by atoms with Crippen molar-refractivity contribution in [2.45, 2.75) is 33.2 Å². The molecule has 5 nitrogen and oxygen atoms in total. The predicted octanol–water partition coefficient (Wildman–Crippen LogP) is 1.29. The summed E-state index contributed by atoms with van der Waals surface area (Å²) in [5.41, 5.74) is 7.17. The van der Waals surface area contributed by atoms with Gasteiger partial charge in [-0.25, -0.2) is 0 Å². The molecule has 0 aliphatic carbocycles. The number of rotatable bonds is 4. The molecule has 5 heteroatoms. The average Bonchev–Trinajstić information content (AvgIpc) is 2.38. The van der Waals surface area contributed by atoms with Crippen molar-refractivity contribution in [3.63, 3.8) is 0 Å². The molecule has 1 aromatic carbocycles. The lowest BCUT2D eigenvalue weighted by atomic mass is 9.87. The maximum Gasteiger partial charge on any atom is 0.241 e. The smallest absolute Gasteiger partial charge is 0.241 e. The van der Waals surface area contributed by atoms with E-state index in [9.17, 15) is 9.59 Å². The second-order valence-electron chi connectivity index (χ2n) is 5.88. The predicted molar refractivity (Wildman–Crippen MR) is 80.3 cm³/mol. The van der Waals surface area contributed by atoms with Gasteiger partial charge >= 0.3 is 0 Å². The lowest BCUT2D eigenvalue weighted by Gasteiger charge is -2.25. The maximum atomic E-state index is 12.0. The van der Waals surface area contributed by atoms with Crippen molar-refractivity contribution < 1.29 is 9.59 Å². The van der Waals surface area contributed by atoms with Gasteiger partial charge in [-0.1, -0.05) is 32.9 Å². The van der Waals surface area contributed by atoms with Crippen LogP contribution in [0.1, 0.15) is 26.3 Å². The van der Waals surface area contributed by atoms with Crippen molar-refractivity contribution >= 4 is 17.5 Å². The Balaban J connectivity index is 2.66. The summed E-state index contributed by atoms with van der Waals surface area (Å²) in [5, 5.41) is 5.34. The number of likely N-dealkylation sites (N-methyl/N-ethyl adjacent to an activating group) is 1. The van der Waals surface area contributed by atoms with Gasteiger partial charge in [0, 0.05) is 12.7 Å². The number of carbonyl (C=O) groups is 2. The number of hydrogen-bond donors (Lipinski definition) is 3.